The largest absolute Gasteiger partial charge is 0.504 e. The van der Waals surface area contributed by atoms with Crippen LogP contribution in [0.1, 0.15) is 42.4 Å². The Bertz CT molecular complexity index is 899. The van der Waals surface area contributed by atoms with Crippen molar-refractivity contribution < 1.29 is 19.3 Å². The minimum atomic E-state index is -0.981. The third-order valence-corrected chi connectivity index (χ3v) is 6.44. The van der Waals surface area contributed by atoms with Crippen LogP contribution in [0.5, 0.6) is 11.5 Å². The van der Waals surface area contributed by atoms with Crippen LogP contribution in [0.25, 0.3) is 0 Å². The number of methoxy groups -OCH3 is 1. The molecule has 0 radical (unpaired) electrons. The quantitative estimate of drug-likeness (QED) is 0.715. The highest BCUT2D eigenvalue weighted by molar-refractivity contribution is 5.49. The molecule has 2 bridgehead atoms. The zero-order valence-corrected chi connectivity index (χ0v) is 16.8. The van der Waals surface area contributed by atoms with Gasteiger partial charge in [-0.2, -0.15) is 0 Å². The van der Waals surface area contributed by atoms with E-state index in [-0.39, 0.29) is 23.7 Å². The van der Waals surface area contributed by atoms with E-state index < -0.39 is 5.60 Å². The Morgan fingerprint density at radius 1 is 1.24 bits per heavy atom. The van der Waals surface area contributed by atoms with E-state index in [0.29, 0.717) is 30.6 Å². The smallest absolute Gasteiger partial charge is 0.161 e. The second-order valence-electron chi connectivity index (χ2n) is 8.31. The summed E-state index contributed by atoms with van der Waals surface area (Å²) in [6.07, 6.45) is 5.58. The van der Waals surface area contributed by atoms with Crippen LogP contribution >= 0.6 is 0 Å². The molecule has 0 amide bonds. The summed E-state index contributed by atoms with van der Waals surface area (Å²) in [4.78, 5) is 2.44. The number of aliphatic hydroxyl groups is 1. The summed E-state index contributed by atoms with van der Waals surface area (Å²) in [5, 5.41) is 21.6. The van der Waals surface area contributed by atoms with Gasteiger partial charge in [-0.25, -0.2) is 4.39 Å². The highest BCUT2D eigenvalue weighted by Gasteiger charge is 2.48. The predicted octanol–water partition coefficient (Wildman–Crippen LogP) is 4.28. The third-order valence-electron chi connectivity index (χ3n) is 6.44. The highest BCUT2D eigenvalue weighted by Crippen LogP contribution is 2.46. The summed E-state index contributed by atoms with van der Waals surface area (Å²) in [5.41, 5.74) is 1.57. The molecule has 29 heavy (non-hydrogen) atoms. The first-order valence-corrected chi connectivity index (χ1v) is 10.2. The number of phenols is 1. The molecule has 2 aliphatic rings. The molecular formula is C24H28FNO3. The second-order valence-corrected chi connectivity index (χ2v) is 8.31. The molecule has 5 heteroatoms. The van der Waals surface area contributed by atoms with Crippen LogP contribution in [0.2, 0.25) is 0 Å². The van der Waals surface area contributed by atoms with E-state index in [2.05, 4.69) is 11.5 Å². The standard InChI is InChI=1S/C24H28FNO3/c1-3-5-17-10-16(11-22(29-2)23(17)27)15-26-20-8-9-21(26)14-24(28,13-20)18-6-4-7-19(25)12-18/h3-4,6-7,10-12,20-21,27-28H,1,5,8-9,13-15H2,2H3. The number of ether oxygens (including phenoxy) is 1. The van der Waals surface area contributed by atoms with Crippen molar-refractivity contribution in [2.45, 2.75) is 56.3 Å². The molecule has 2 aromatic rings. The van der Waals surface area contributed by atoms with Crippen LogP contribution in [0, 0.1) is 5.82 Å². The van der Waals surface area contributed by atoms with Crippen molar-refractivity contribution in [3.63, 3.8) is 0 Å². The number of hydrogen-bond donors (Lipinski definition) is 2. The van der Waals surface area contributed by atoms with Crippen LogP contribution in [-0.2, 0) is 18.6 Å². The molecule has 2 N–H and O–H groups in total. The summed E-state index contributed by atoms with van der Waals surface area (Å²) in [5.74, 6) is 0.329. The highest BCUT2D eigenvalue weighted by atomic mass is 19.1. The molecule has 2 heterocycles. The van der Waals surface area contributed by atoms with Crippen molar-refractivity contribution >= 4 is 0 Å². The summed E-state index contributed by atoms with van der Waals surface area (Å²) in [6.45, 7) is 4.50. The van der Waals surface area contributed by atoms with Crippen molar-refractivity contribution in [1.29, 1.82) is 0 Å². The van der Waals surface area contributed by atoms with Gasteiger partial charge in [0.15, 0.2) is 11.5 Å². The zero-order valence-electron chi connectivity index (χ0n) is 16.8. The third kappa shape index (κ3) is 3.77. The number of fused-ring (bicyclic) bond motifs is 2. The van der Waals surface area contributed by atoms with Crippen LogP contribution < -0.4 is 4.74 Å². The first kappa shape index (κ1) is 19.9. The summed E-state index contributed by atoms with van der Waals surface area (Å²) < 4.78 is 19.1. The maximum Gasteiger partial charge on any atom is 0.161 e. The molecule has 2 aromatic carbocycles. The second kappa shape index (κ2) is 7.81. The number of piperidine rings is 1. The average Bonchev–Trinajstić information content (AvgIpc) is 2.94. The van der Waals surface area contributed by atoms with Crippen LogP contribution in [0.4, 0.5) is 4.39 Å². The molecule has 0 saturated carbocycles. The fourth-order valence-corrected chi connectivity index (χ4v) is 5.09. The number of allylic oxidation sites excluding steroid dienone is 1. The van der Waals surface area contributed by atoms with Crippen LogP contribution in [0.3, 0.4) is 0 Å². The lowest BCUT2D eigenvalue weighted by Crippen LogP contribution is -2.49. The Morgan fingerprint density at radius 2 is 1.97 bits per heavy atom. The van der Waals surface area contributed by atoms with Gasteiger partial charge < -0.3 is 14.9 Å². The van der Waals surface area contributed by atoms with Crippen molar-refractivity contribution in [2.24, 2.45) is 0 Å². The van der Waals surface area contributed by atoms with Gasteiger partial charge in [0, 0.05) is 24.2 Å². The molecule has 0 spiro atoms. The Kier molecular flexibility index (Phi) is 5.36. The topological polar surface area (TPSA) is 52.9 Å². The lowest BCUT2D eigenvalue weighted by atomic mass is 9.80. The SMILES string of the molecule is C=CCc1cc(CN2C3CCC2CC(O)(c2cccc(F)c2)C3)cc(OC)c1O. The van der Waals surface area contributed by atoms with E-state index in [9.17, 15) is 14.6 Å². The van der Waals surface area contributed by atoms with Crippen LogP contribution in [-0.4, -0.2) is 34.3 Å². The lowest BCUT2D eigenvalue weighted by Gasteiger charge is -2.44. The molecule has 4 rings (SSSR count). The molecule has 2 fully saturated rings. The van der Waals surface area contributed by atoms with E-state index in [1.54, 1.807) is 19.3 Å². The van der Waals surface area contributed by atoms with Gasteiger partial charge in [-0.3, -0.25) is 4.90 Å². The molecule has 2 aliphatic heterocycles. The Balaban J connectivity index is 1.57. The van der Waals surface area contributed by atoms with Gasteiger partial charge in [0.2, 0.25) is 0 Å². The van der Waals surface area contributed by atoms with Gasteiger partial charge in [0.05, 0.1) is 12.7 Å². The lowest BCUT2D eigenvalue weighted by molar-refractivity contribution is -0.0596. The predicted molar refractivity (Wildman–Crippen MR) is 110 cm³/mol. The molecule has 0 aliphatic carbocycles. The fourth-order valence-electron chi connectivity index (χ4n) is 5.09. The monoisotopic (exact) mass is 397 g/mol. The average molecular weight is 397 g/mol. The number of rotatable bonds is 6. The van der Waals surface area contributed by atoms with E-state index in [4.69, 9.17) is 4.74 Å². The maximum absolute atomic E-state index is 13.7. The zero-order chi connectivity index (χ0) is 20.6. The minimum absolute atomic E-state index is 0.165. The van der Waals surface area contributed by atoms with Gasteiger partial charge in [0.25, 0.3) is 0 Å². The van der Waals surface area contributed by atoms with Gasteiger partial charge in [-0.15, -0.1) is 6.58 Å². The van der Waals surface area contributed by atoms with Gasteiger partial charge in [-0.05, 0) is 61.4 Å². The number of aromatic hydroxyl groups is 1. The van der Waals surface area contributed by atoms with Crippen molar-refractivity contribution in [1.82, 2.24) is 4.90 Å². The summed E-state index contributed by atoms with van der Waals surface area (Å²) in [7, 11) is 1.56. The molecule has 4 nitrogen and oxygen atoms in total. The number of phenolic OH excluding ortho intramolecular Hbond substituents is 1. The number of nitrogens with zero attached hydrogens (tertiary/aromatic N) is 1. The first-order chi connectivity index (χ1) is 13.9. The van der Waals surface area contributed by atoms with E-state index in [0.717, 1.165) is 30.5 Å². The van der Waals surface area contributed by atoms with E-state index in [1.807, 2.05) is 18.2 Å². The molecular weight excluding hydrogens is 369 g/mol. The van der Waals surface area contributed by atoms with E-state index in [1.165, 1.54) is 12.1 Å². The number of halogens is 1. The van der Waals surface area contributed by atoms with Crippen LogP contribution in [0.15, 0.2) is 49.1 Å². The molecule has 2 saturated heterocycles. The summed E-state index contributed by atoms with van der Waals surface area (Å²) >= 11 is 0. The Morgan fingerprint density at radius 3 is 2.59 bits per heavy atom. The minimum Gasteiger partial charge on any atom is -0.504 e. The van der Waals surface area contributed by atoms with E-state index >= 15 is 0 Å². The van der Waals surface area contributed by atoms with Crippen molar-refractivity contribution in [3.8, 4) is 11.5 Å². The number of benzene rings is 2. The Hall–Kier alpha value is -2.37. The molecule has 0 aromatic heterocycles. The Labute approximate surface area is 171 Å². The van der Waals surface area contributed by atoms with Gasteiger partial charge >= 0.3 is 0 Å². The number of hydrogen-bond acceptors (Lipinski definition) is 4. The fraction of sp³-hybridized carbons (Fsp3) is 0.417. The first-order valence-electron chi connectivity index (χ1n) is 10.2. The summed E-state index contributed by atoms with van der Waals surface area (Å²) in [6, 6.07) is 10.7. The molecule has 154 valence electrons. The molecule has 2 atom stereocenters. The van der Waals surface area contributed by atoms with Crippen molar-refractivity contribution in [3.05, 3.63) is 71.6 Å². The normalized spacial score (nSPS) is 26.4. The van der Waals surface area contributed by atoms with Gasteiger partial charge in [-0.1, -0.05) is 24.3 Å². The maximum atomic E-state index is 13.7. The van der Waals surface area contributed by atoms with Gasteiger partial charge in [0.1, 0.15) is 5.82 Å². The van der Waals surface area contributed by atoms with Crippen molar-refractivity contribution in [2.75, 3.05) is 7.11 Å². The molecule has 2 unspecified atom stereocenters.